The zero-order valence-electron chi connectivity index (χ0n) is 17.8. The highest BCUT2D eigenvalue weighted by Gasteiger charge is 2.17. The largest absolute Gasteiger partial charge is 0.348 e. The van der Waals surface area contributed by atoms with E-state index in [-0.39, 0.29) is 12.5 Å². The number of rotatable bonds is 8. The van der Waals surface area contributed by atoms with Gasteiger partial charge in [-0.2, -0.15) is 0 Å². The number of nitrogens with zero attached hydrogens (tertiary/aromatic N) is 3. The van der Waals surface area contributed by atoms with Gasteiger partial charge in [0.1, 0.15) is 0 Å². The van der Waals surface area contributed by atoms with Crippen LogP contribution in [0.2, 0.25) is 5.02 Å². The highest BCUT2D eigenvalue weighted by atomic mass is 35.5. The lowest BCUT2D eigenvalue weighted by atomic mass is 10.2. The Bertz CT molecular complexity index is 1220. The molecule has 4 rings (SSSR count). The van der Waals surface area contributed by atoms with Gasteiger partial charge in [0.05, 0.1) is 18.7 Å². The molecule has 5 nitrogen and oxygen atoms in total. The Hall–Kier alpha value is -2.61. The molecule has 0 unspecified atom stereocenters. The van der Waals surface area contributed by atoms with E-state index in [1.165, 1.54) is 11.1 Å². The van der Waals surface area contributed by atoms with E-state index in [9.17, 15) is 4.79 Å². The number of thiophene rings is 1. The lowest BCUT2D eigenvalue weighted by Crippen LogP contribution is -2.26. The molecule has 2 heterocycles. The SMILES string of the molecule is Cc1cccc(CSc2nnc(CNC(=O)Cc3cccs3)n2-c2cc(Cl)ccc2C)c1. The van der Waals surface area contributed by atoms with Crippen LogP contribution in [0.1, 0.15) is 27.4 Å². The third-order valence-corrected chi connectivity index (χ3v) is 7.03. The Morgan fingerprint density at radius 1 is 1.12 bits per heavy atom. The number of carbonyl (C=O) groups is 1. The second-order valence-electron chi connectivity index (χ2n) is 7.48. The second kappa shape index (κ2) is 10.3. The van der Waals surface area contributed by atoms with Crippen LogP contribution in [0.3, 0.4) is 0 Å². The first-order valence-corrected chi connectivity index (χ1v) is 12.4. The first-order valence-electron chi connectivity index (χ1n) is 10.2. The molecular formula is C24H23ClN4OS2. The number of nitrogens with one attached hydrogen (secondary N) is 1. The fraction of sp³-hybridized carbons (Fsp3) is 0.208. The van der Waals surface area contributed by atoms with Crippen molar-refractivity contribution < 1.29 is 4.79 Å². The zero-order chi connectivity index (χ0) is 22.5. The van der Waals surface area contributed by atoms with Gasteiger partial charge in [-0.05, 0) is 48.6 Å². The van der Waals surface area contributed by atoms with Crippen LogP contribution in [0.25, 0.3) is 5.69 Å². The zero-order valence-corrected chi connectivity index (χ0v) is 20.2. The summed E-state index contributed by atoms with van der Waals surface area (Å²) in [5.74, 6) is 1.39. The van der Waals surface area contributed by atoms with Gasteiger partial charge in [0.15, 0.2) is 11.0 Å². The van der Waals surface area contributed by atoms with Crippen molar-refractivity contribution in [2.75, 3.05) is 0 Å². The molecule has 0 fully saturated rings. The number of aryl methyl sites for hydroxylation is 2. The molecule has 0 saturated carbocycles. The predicted molar refractivity (Wildman–Crippen MR) is 132 cm³/mol. The number of hydrogen-bond acceptors (Lipinski definition) is 5. The molecule has 164 valence electrons. The van der Waals surface area contributed by atoms with E-state index in [1.54, 1.807) is 23.1 Å². The minimum atomic E-state index is -0.0428. The maximum Gasteiger partial charge on any atom is 0.225 e. The summed E-state index contributed by atoms with van der Waals surface area (Å²) < 4.78 is 1.99. The number of benzene rings is 2. The van der Waals surface area contributed by atoms with Gasteiger partial charge in [-0.25, -0.2) is 0 Å². The van der Waals surface area contributed by atoms with Crippen LogP contribution >= 0.6 is 34.7 Å². The van der Waals surface area contributed by atoms with Gasteiger partial charge in [0, 0.05) is 15.7 Å². The number of carbonyl (C=O) groups excluding carboxylic acids is 1. The summed E-state index contributed by atoms with van der Waals surface area (Å²) in [5.41, 5.74) is 4.41. The molecule has 0 aliphatic carbocycles. The molecule has 0 aliphatic rings. The van der Waals surface area contributed by atoms with E-state index in [0.717, 1.165) is 27.0 Å². The van der Waals surface area contributed by atoms with E-state index < -0.39 is 0 Å². The van der Waals surface area contributed by atoms with Gasteiger partial charge < -0.3 is 5.32 Å². The van der Waals surface area contributed by atoms with E-state index in [2.05, 4.69) is 46.7 Å². The Balaban J connectivity index is 1.58. The Morgan fingerprint density at radius 2 is 2.00 bits per heavy atom. The number of halogens is 1. The average molecular weight is 483 g/mol. The van der Waals surface area contributed by atoms with E-state index >= 15 is 0 Å². The van der Waals surface area contributed by atoms with Crippen molar-refractivity contribution in [1.29, 1.82) is 0 Å². The molecule has 0 aliphatic heterocycles. The summed E-state index contributed by atoms with van der Waals surface area (Å²) in [7, 11) is 0. The average Bonchev–Trinajstić information content (AvgIpc) is 3.42. The minimum absolute atomic E-state index is 0.0428. The van der Waals surface area contributed by atoms with Gasteiger partial charge >= 0.3 is 0 Å². The normalized spacial score (nSPS) is 11.0. The molecule has 8 heteroatoms. The molecule has 32 heavy (non-hydrogen) atoms. The van der Waals surface area contributed by atoms with Crippen LogP contribution in [-0.4, -0.2) is 20.7 Å². The maximum atomic E-state index is 12.4. The van der Waals surface area contributed by atoms with Crippen molar-refractivity contribution in [2.45, 2.75) is 37.7 Å². The topological polar surface area (TPSA) is 59.8 Å². The molecule has 0 bridgehead atoms. The Morgan fingerprint density at radius 3 is 2.78 bits per heavy atom. The summed E-state index contributed by atoms with van der Waals surface area (Å²) in [4.78, 5) is 13.4. The van der Waals surface area contributed by atoms with Crippen LogP contribution in [0, 0.1) is 13.8 Å². The van der Waals surface area contributed by atoms with Gasteiger partial charge in [-0.15, -0.1) is 21.5 Å². The Kier molecular flexibility index (Phi) is 7.29. The van der Waals surface area contributed by atoms with Crippen LogP contribution in [0.4, 0.5) is 0 Å². The molecule has 4 aromatic rings. The van der Waals surface area contributed by atoms with Gasteiger partial charge in [0.25, 0.3) is 0 Å². The van der Waals surface area contributed by atoms with Crippen LogP contribution in [-0.2, 0) is 23.5 Å². The lowest BCUT2D eigenvalue weighted by molar-refractivity contribution is -0.120. The number of hydrogen-bond donors (Lipinski definition) is 1. The fourth-order valence-corrected chi connectivity index (χ4v) is 5.11. The van der Waals surface area contributed by atoms with Gasteiger partial charge in [0.2, 0.25) is 5.91 Å². The van der Waals surface area contributed by atoms with Crippen molar-refractivity contribution in [3.8, 4) is 5.69 Å². The maximum absolute atomic E-state index is 12.4. The third kappa shape index (κ3) is 5.59. The third-order valence-electron chi connectivity index (χ3n) is 4.92. The van der Waals surface area contributed by atoms with Crippen molar-refractivity contribution in [3.63, 3.8) is 0 Å². The summed E-state index contributed by atoms with van der Waals surface area (Å²) in [6, 6.07) is 18.1. The van der Waals surface area contributed by atoms with Crippen molar-refractivity contribution >= 4 is 40.6 Å². The van der Waals surface area contributed by atoms with E-state index in [1.807, 2.05) is 47.2 Å². The molecule has 1 amide bonds. The van der Waals surface area contributed by atoms with E-state index in [4.69, 9.17) is 11.6 Å². The molecule has 0 radical (unpaired) electrons. The molecule has 2 aromatic carbocycles. The van der Waals surface area contributed by atoms with Crippen molar-refractivity contribution in [2.24, 2.45) is 0 Å². The quantitative estimate of drug-likeness (QED) is 0.325. The first-order chi connectivity index (χ1) is 15.5. The standard InChI is InChI=1S/C24H23ClN4OS2/c1-16-5-3-6-18(11-16)15-32-24-28-27-22(14-26-23(30)13-20-7-4-10-31-20)29(24)21-12-19(25)9-8-17(21)2/h3-12H,13-15H2,1-2H3,(H,26,30). The predicted octanol–water partition coefficient (Wildman–Crippen LogP) is 5.75. The summed E-state index contributed by atoms with van der Waals surface area (Å²) in [6.07, 6.45) is 0.358. The Labute approximate surface area is 200 Å². The molecule has 0 saturated heterocycles. The second-order valence-corrected chi connectivity index (χ2v) is 9.89. The number of aromatic nitrogens is 3. The van der Waals surface area contributed by atoms with E-state index in [0.29, 0.717) is 17.3 Å². The molecular weight excluding hydrogens is 460 g/mol. The van der Waals surface area contributed by atoms with Crippen LogP contribution in [0.5, 0.6) is 0 Å². The van der Waals surface area contributed by atoms with Crippen molar-refractivity contribution in [1.82, 2.24) is 20.1 Å². The summed E-state index contributed by atoms with van der Waals surface area (Å²) in [6.45, 7) is 4.40. The molecule has 0 atom stereocenters. The van der Waals surface area contributed by atoms with Gasteiger partial charge in [-0.3, -0.25) is 9.36 Å². The highest BCUT2D eigenvalue weighted by molar-refractivity contribution is 7.98. The molecule has 1 N–H and O–H groups in total. The summed E-state index contributed by atoms with van der Waals surface area (Å²) >= 11 is 9.49. The smallest absolute Gasteiger partial charge is 0.225 e. The first kappa shape index (κ1) is 22.6. The fourth-order valence-electron chi connectivity index (χ4n) is 3.34. The molecule has 0 spiro atoms. The highest BCUT2D eigenvalue weighted by Crippen LogP contribution is 2.28. The monoisotopic (exact) mass is 482 g/mol. The van der Waals surface area contributed by atoms with Crippen LogP contribution < -0.4 is 5.32 Å². The lowest BCUT2D eigenvalue weighted by Gasteiger charge is -2.14. The molecule has 2 aromatic heterocycles. The summed E-state index contributed by atoms with van der Waals surface area (Å²) in [5, 5.41) is 15.2. The number of amides is 1. The van der Waals surface area contributed by atoms with Crippen molar-refractivity contribution in [3.05, 3.63) is 92.4 Å². The number of thioether (sulfide) groups is 1. The van der Waals surface area contributed by atoms with Crippen LogP contribution in [0.15, 0.2) is 65.1 Å². The minimum Gasteiger partial charge on any atom is -0.348 e. The van der Waals surface area contributed by atoms with Gasteiger partial charge in [-0.1, -0.05) is 65.3 Å².